The minimum atomic E-state index is -0.312. The molecule has 0 saturated carbocycles. The fourth-order valence-electron chi connectivity index (χ4n) is 2.49. The molecule has 7 nitrogen and oxygen atoms in total. The average Bonchev–Trinajstić information content (AvgIpc) is 3.47. The number of amides is 1. The van der Waals surface area contributed by atoms with Gasteiger partial charge >= 0.3 is 0 Å². The number of hydrogen-bond donors (Lipinski definition) is 1. The second-order valence-corrected chi connectivity index (χ2v) is 8.94. The Kier molecular flexibility index (Phi) is 5.71. The number of benzene rings is 1. The summed E-state index contributed by atoms with van der Waals surface area (Å²) in [6.07, 6.45) is 3.62. The predicted octanol–water partition coefficient (Wildman–Crippen LogP) is 4.63. The van der Waals surface area contributed by atoms with Crippen molar-refractivity contribution in [1.29, 1.82) is 5.26 Å². The number of rotatable bonds is 6. The molecule has 144 valence electrons. The molecule has 0 saturated heterocycles. The number of carbonyl (C=O) groups is 1. The van der Waals surface area contributed by atoms with Crippen molar-refractivity contribution in [1.82, 2.24) is 19.7 Å². The van der Waals surface area contributed by atoms with E-state index in [0.29, 0.717) is 16.6 Å². The molecule has 10 heteroatoms. The number of thioether (sulfide) groups is 1. The third-order valence-corrected chi connectivity index (χ3v) is 7.02. The van der Waals surface area contributed by atoms with E-state index >= 15 is 0 Å². The molecule has 0 unspecified atom stereocenters. The summed E-state index contributed by atoms with van der Waals surface area (Å²) >= 11 is 4.16. The lowest BCUT2D eigenvalue weighted by molar-refractivity contribution is 0.102. The van der Waals surface area contributed by atoms with Crippen LogP contribution in [0.15, 0.2) is 52.3 Å². The number of para-hydroxylation sites is 1. The average molecular weight is 439 g/mol. The zero-order valence-electron chi connectivity index (χ0n) is 15.2. The Morgan fingerprint density at radius 2 is 2.14 bits per heavy atom. The van der Waals surface area contributed by atoms with E-state index in [1.807, 2.05) is 43.5 Å². The highest BCUT2D eigenvalue weighted by molar-refractivity contribution is 8.01. The Morgan fingerprint density at radius 3 is 2.93 bits per heavy atom. The number of nitrogens with one attached hydrogen (secondary N) is 1. The van der Waals surface area contributed by atoms with Gasteiger partial charge in [-0.05, 0) is 19.1 Å². The van der Waals surface area contributed by atoms with Gasteiger partial charge < -0.3 is 0 Å². The van der Waals surface area contributed by atoms with E-state index in [2.05, 4.69) is 26.5 Å². The van der Waals surface area contributed by atoms with Crippen LogP contribution in [0.5, 0.6) is 0 Å². The summed E-state index contributed by atoms with van der Waals surface area (Å²) in [6, 6.07) is 11.9. The van der Waals surface area contributed by atoms with Crippen LogP contribution >= 0.6 is 34.4 Å². The van der Waals surface area contributed by atoms with Crippen molar-refractivity contribution >= 4 is 45.5 Å². The lowest BCUT2D eigenvalue weighted by Crippen LogP contribution is -2.12. The number of anilines is 1. The maximum atomic E-state index is 12.5. The molecule has 1 N–H and O–H groups in total. The van der Waals surface area contributed by atoms with Crippen molar-refractivity contribution in [3.63, 3.8) is 0 Å². The highest BCUT2D eigenvalue weighted by Gasteiger charge is 2.16. The monoisotopic (exact) mass is 438 g/mol. The van der Waals surface area contributed by atoms with Crippen LogP contribution in [0.25, 0.3) is 16.3 Å². The highest BCUT2D eigenvalue weighted by Crippen LogP contribution is 2.32. The molecule has 1 amide bonds. The van der Waals surface area contributed by atoms with E-state index in [4.69, 9.17) is 5.26 Å². The molecule has 0 atom stereocenters. The van der Waals surface area contributed by atoms with Crippen molar-refractivity contribution in [3.05, 3.63) is 59.5 Å². The quantitative estimate of drug-likeness (QED) is 0.441. The Bertz CT molecular complexity index is 1190. The van der Waals surface area contributed by atoms with Gasteiger partial charge in [0.15, 0.2) is 5.13 Å². The summed E-state index contributed by atoms with van der Waals surface area (Å²) in [6.45, 7) is 1.86. The first-order chi connectivity index (χ1) is 14.1. The fourth-order valence-corrected chi connectivity index (χ4v) is 5.06. The molecular formula is C19H14N6OS3. The maximum Gasteiger partial charge on any atom is 0.276 e. The maximum absolute atomic E-state index is 12.5. The molecule has 4 aromatic rings. The number of nitrogens with zero attached hydrogens (tertiary/aromatic N) is 5. The molecule has 0 aliphatic rings. The van der Waals surface area contributed by atoms with E-state index in [1.54, 1.807) is 16.3 Å². The largest absolute Gasteiger partial charge is 0.296 e. The van der Waals surface area contributed by atoms with Crippen molar-refractivity contribution in [3.8, 4) is 22.3 Å². The Balaban J connectivity index is 1.47. The van der Waals surface area contributed by atoms with Gasteiger partial charge in [0.2, 0.25) is 0 Å². The van der Waals surface area contributed by atoms with Crippen LogP contribution in [0, 0.1) is 18.3 Å². The smallest absolute Gasteiger partial charge is 0.276 e. The number of aryl methyl sites for hydroxylation is 1. The topological polar surface area (TPSA) is 96.5 Å². The van der Waals surface area contributed by atoms with Crippen LogP contribution in [-0.4, -0.2) is 31.4 Å². The van der Waals surface area contributed by atoms with Crippen molar-refractivity contribution in [2.24, 2.45) is 0 Å². The Hall–Kier alpha value is -3.00. The van der Waals surface area contributed by atoms with E-state index in [0.717, 1.165) is 26.2 Å². The van der Waals surface area contributed by atoms with Gasteiger partial charge in [-0.1, -0.05) is 41.3 Å². The fraction of sp³-hybridized carbons (Fsp3) is 0.105. The van der Waals surface area contributed by atoms with Crippen molar-refractivity contribution in [2.45, 2.75) is 11.1 Å². The highest BCUT2D eigenvalue weighted by atomic mass is 32.2. The Morgan fingerprint density at radius 1 is 1.31 bits per heavy atom. The number of thiazole rings is 2. The molecule has 0 bridgehead atoms. The van der Waals surface area contributed by atoms with E-state index in [1.165, 1.54) is 34.4 Å². The van der Waals surface area contributed by atoms with Gasteiger partial charge in [0.1, 0.15) is 10.7 Å². The summed E-state index contributed by atoms with van der Waals surface area (Å²) in [5.41, 5.74) is 2.94. The number of aromatic nitrogens is 4. The van der Waals surface area contributed by atoms with Gasteiger partial charge in [-0.2, -0.15) is 10.4 Å². The van der Waals surface area contributed by atoms with E-state index in [9.17, 15) is 4.79 Å². The molecule has 0 aliphatic heterocycles. The first kappa shape index (κ1) is 19.3. The van der Waals surface area contributed by atoms with Crippen LogP contribution in [-0.2, 0) is 0 Å². The zero-order chi connectivity index (χ0) is 20.2. The van der Waals surface area contributed by atoms with Gasteiger partial charge in [0.05, 0.1) is 33.6 Å². The molecule has 3 aromatic heterocycles. The summed E-state index contributed by atoms with van der Waals surface area (Å²) in [5.74, 6) is 0.0382. The second-order valence-electron chi connectivity index (χ2n) is 5.84. The molecule has 3 heterocycles. The number of hydrogen-bond acceptors (Lipinski definition) is 8. The van der Waals surface area contributed by atoms with Crippen LogP contribution in [0.3, 0.4) is 0 Å². The van der Waals surface area contributed by atoms with Gasteiger partial charge in [-0.25, -0.2) is 14.6 Å². The number of carbonyl (C=O) groups excluding carboxylic acids is 1. The minimum absolute atomic E-state index is 0.312. The normalized spacial score (nSPS) is 10.6. The predicted molar refractivity (Wildman–Crippen MR) is 116 cm³/mol. The van der Waals surface area contributed by atoms with Crippen LogP contribution in [0.2, 0.25) is 0 Å². The Labute approximate surface area is 179 Å². The van der Waals surface area contributed by atoms with Crippen LogP contribution in [0.1, 0.15) is 16.2 Å². The molecule has 29 heavy (non-hydrogen) atoms. The van der Waals surface area contributed by atoms with E-state index < -0.39 is 0 Å². The summed E-state index contributed by atoms with van der Waals surface area (Å²) in [5, 5.41) is 18.8. The second kappa shape index (κ2) is 8.57. The first-order valence-corrected chi connectivity index (χ1v) is 11.2. The van der Waals surface area contributed by atoms with Gasteiger partial charge in [-0.3, -0.25) is 10.1 Å². The van der Waals surface area contributed by atoms with Crippen molar-refractivity contribution in [2.75, 3.05) is 11.1 Å². The molecule has 1 aromatic carbocycles. The van der Waals surface area contributed by atoms with Gasteiger partial charge in [0, 0.05) is 17.1 Å². The SMILES string of the molecule is Cc1nc(NC(=O)c2csc(-c3cnn(-c4ccccc4)c3)n2)sc1SCC#N. The minimum Gasteiger partial charge on any atom is -0.296 e. The lowest BCUT2D eigenvalue weighted by atomic mass is 10.3. The molecular weight excluding hydrogens is 424 g/mol. The lowest BCUT2D eigenvalue weighted by Gasteiger charge is -1.98. The first-order valence-electron chi connectivity index (χ1n) is 8.48. The van der Waals surface area contributed by atoms with Gasteiger partial charge in [-0.15, -0.1) is 11.3 Å². The molecule has 0 radical (unpaired) electrons. The third-order valence-electron chi connectivity index (χ3n) is 3.83. The zero-order valence-corrected chi connectivity index (χ0v) is 17.6. The summed E-state index contributed by atoms with van der Waals surface area (Å²) in [7, 11) is 0. The van der Waals surface area contributed by atoms with Crippen LogP contribution < -0.4 is 5.32 Å². The van der Waals surface area contributed by atoms with E-state index in [-0.39, 0.29) is 5.91 Å². The van der Waals surface area contributed by atoms with Gasteiger partial charge in [0.25, 0.3) is 5.91 Å². The van der Waals surface area contributed by atoms with Crippen LogP contribution in [0.4, 0.5) is 5.13 Å². The standard InChI is InChI=1S/C19H14N6OS3/c1-12-18(27-8-7-20)29-19(22-12)24-16(26)15-11-28-17(23-15)13-9-21-25(10-13)14-5-3-2-4-6-14/h2-6,9-11H,8H2,1H3,(H,22,24,26). The summed E-state index contributed by atoms with van der Waals surface area (Å²) < 4.78 is 2.70. The molecule has 0 fully saturated rings. The number of nitriles is 1. The summed E-state index contributed by atoms with van der Waals surface area (Å²) in [4.78, 5) is 21.3. The third kappa shape index (κ3) is 4.37. The molecule has 0 aliphatic carbocycles. The van der Waals surface area contributed by atoms with Crippen molar-refractivity contribution < 1.29 is 4.79 Å². The molecule has 4 rings (SSSR count). The molecule has 0 spiro atoms.